The van der Waals surface area contributed by atoms with Gasteiger partial charge in [-0.05, 0) is 19.1 Å². The fourth-order valence-corrected chi connectivity index (χ4v) is 2.21. The van der Waals surface area contributed by atoms with Crippen molar-refractivity contribution in [1.82, 2.24) is 20.7 Å². The molecule has 0 saturated carbocycles. The lowest BCUT2D eigenvalue weighted by Crippen LogP contribution is -2.25. The van der Waals surface area contributed by atoms with Crippen LogP contribution in [0.1, 0.15) is 33.7 Å². The lowest BCUT2D eigenvalue weighted by atomic mass is 10.2. The summed E-state index contributed by atoms with van der Waals surface area (Å²) in [5.41, 5.74) is -0.339. The highest BCUT2D eigenvalue weighted by molar-refractivity contribution is 6.08. The zero-order valence-corrected chi connectivity index (χ0v) is 13.5. The molecule has 0 atom stereocenters. The summed E-state index contributed by atoms with van der Waals surface area (Å²) in [5.74, 6) is -3.07. The summed E-state index contributed by atoms with van der Waals surface area (Å²) in [6.45, 7) is 1.80. The molecule has 3 rings (SSSR count). The van der Waals surface area contributed by atoms with Crippen molar-refractivity contribution in [1.29, 1.82) is 0 Å². The molecule has 8 nitrogen and oxygen atoms in total. The zero-order chi connectivity index (χ0) is 18.7. The molecule has 0 fully saturated rings. The van der Waals surface area contributed by atoms with E-state index >= 15 is 0 Å². The Bertz CT molecular complexity index is 952. The van der Waals surface area contributed by atoms with Crippen LogP contribution in [0.15, 0.2) is 35.0 Å². The van der Waals surface area contributed by atoms with Gasteiger partial charge in [-0.15, -0.1) is 0 Å². The summed E-state index contributed by atoms with van der Waals surface area (Å²) in [6.07, 6.45) is 1.16. The van der Waals surface area contributed by atoms with E-state index in [1.165, 1.54) is 0 Å². The van der Waals surface area contributed by atoms with Crippen molar-refractivity contribution in [3.8, 4) is 0 Å². The van der Waals surface area contributed by atoms with E-state index in [1.807, 2.05) is 0 Å². The minimum absolute atomic E-state index is 0. The Morgan fingerprint density at radius 1 is 1.27 bits per heavy atom. The van der Waals surface area contributed by atoms with Crippen molar-refractivity contribution in [3.05, 3.63) is 64.8 Å². The highest BCUT2D eigenvalue weighted by Gasteiger charge is 2.21. The second kappa shape index (κ2) is 7.13. The molecular weight excluding hydrogens is 348 g/mol. The van der Waals surface area contributed by atoms with Crippen LogP contribution in [0.4, 0.5) is 14.5 Å². The molecule has 0 aliphatic carbocycles. The van der Waals surface area contributed by atoms with Crippen molar-refractivity contribution in [2.75, 3.05) is 5.32 Å². The molecule has 0 unspecified atom stereocenters. The molecule has 0 radical (unpaired) electrons. The Labute approximate surface area is 147 Å². The SMILES string of the molecule is Cc1cc(CNC(=O)c2[nH]ncc2NC(=O)c2c(F)cccc2F)no1.[HH]. The van der Waals surface area contributed by atoms with Gasteiger partial charge in [0, 0.05) is 7.49 Å². The van der Waals surface area contributed by atoms with E-state index in [0.29, 0.717) is 11.5 Å². The number of benzene rings is 1. The highest BCUT2D eigenvalue weighted by atomic mass is 19.1. The molecule has 26 heavy (non-hydrogen) atoms. The molecule has 2 aromatic heterocycles. The first-order valence-electron chi connectivity index (χ1n) is 7.45. The van der Waals surface area contributed by atoms with Crippen LogP contribution in [0.5, 0.6) is 0 Å². The number of halogens is 2. The van der Waals surface area contributed by atoms with Crippen molar-refractivity contribution in [3.63, 3.8) is 0 Å². The van der Waals surface area contributed by atoms with Crippen molar-refractivity contribution >= 4 is 17.5 Å². The standard InChI is InChI=1S/C16H13F2N5O3.H2/c1-8-5-9(23-26-8)6-19-16(25)14-12(7-20-22-14)21-15(24)13-10(17)3-2-4-11(13)18;/h2-5,7H,6H2,1H3,(H,19,25)(H,20,22)(H,21,24);1H. The van der Waals surface area contributed by atoms with E-state index in [-0.39, 0.29) is 19.4 Å². The van der Waals surface area contributed by atoms with Crippen LogP contribution in [-0.2, 0) is 6.54 Å². The van der Waals surface area contributed by atoms with Gasteiger partial charge in [0.2, 0.25) is 0 Å². The molecular formula is C16H15F2N5O3. The molecule has 2 heterocycles. The third-order valence-corrected chi connectivity index (χ3v) is 3.41. The summed E-state index contributed by atoms with van der Waals surface area (Å²) in [6, 6.07) is 4.71. The minimum atomic E-state index is -1.04. The summed E-state index contributed by atoms with van der Waals surface area (Å²) in [4.78, 5) is 24.3. The molecule has 136 valence electrons. The zero-order valence-electron chi connectivity index (χ0n) is 13.5. The number of aryl methyl sites for hydroxylation is 1. The van der Waals surface area contributed by atoms with E-state index in [1.54, 1.807) is 13.0 Å². The topological polar surface area (TPSA) is 113 Å². The van der Waals surface area contributed by atoms with Gasteiger partial charge in [0.25, 0.3) is 11.8 Å². The van der Waals surface area contributed by atoms with E-state index in [4.69, 9.17) is 4.52 Å². The molecule has 1 aromatic carbocycles. The van der Waals surface area contributed by atoms with E-state index in [9.17, 15) is 18.4 Å². The van der Waals surface area contributed by atoms with Gasteiger partial charge in [-0.3, -0.25) is 14.7 Å². The van der Waals surface area contributed by atoms with Gasteiger partial charge in [-0.2, -0.15) is 5.10 Å². The third-order valence-electron chi connectivity index (χ3n) is 3.41. The number of rotatable bonds is 5. The number of carbonyl (C=O) groups is 2. The average Bonchev–Trinajstić information content (AvgIpc) is 3.21. The quantitative estimate of drug-likeness (QED) is 0.644. The molecule has 3 N–H and O–H groups in total. The number of hydrogen-bond donors (Lipinski definition) is 3. The van der Waals surface area contributed by atoms with E-state index in [2.05, 4.69) is 26.0 Å². The molecule has 2 amide bonds. The van der Waals surface area contributed by atoms with Crippen LogP contribution in [0.3, 0.4) is 0 Å². The van der Waals surface area contributed by atoms with Gasteiger partial charge in [0.05, 0.1) is 18.4 Å². The van der Waals surface area contributed by atoms with Gasteiger partial charge in [-0.25, -0.2) is 8.78 Å². The highest BCUT2D eigenvalue weighted by Crippen LogP contribution is 2.17. The van der Waals surface area contributed by atoms with Crippen molar-refractivity contribution in [2.45, 2.75) is 13.5 Å². The second-order valence-corrected chi connectivity index (χ2v) is 5.32. The number of aromatic nitrogens is 3. The van der Waals surface area contributed by atoms with Crippen molar-refractivity contribution in [2.24, 2.45) is 0 Å². The smallest absolute Gasteiger partial charge is 0.271 e. The summed E-state index contributed by atoms with van der Waals surface area (Å²) in [5, 5.41) is 14.6. The Kier molecular flexibility index (Phi) is 4.74. The van der Waals surface area contributed by atoms with Gasteiger partial charge in [0.1, 0.15) is 34.3 Å². The molecule has 10 heteroatoms. The number of carbonyl (C=O) groups excluding carboxylic acids is 2. The molecule has 0 aliphatic heterocycles. The average molecular weight is 363 g/mol. The number of anilines is 1. The number of aromatic amines is 1. The Hall–Kier alpha value is -3.56. The lowest BCUT2D eigenvalue weighted by molar-refractivity contribution is 0.0946. The maximum Gasteiger partial charge on any atom is 0.271 e. The van der Waals surface area contributed by atoms with Crippen LogP contribution in [0, 0.1) is 18.6 Å². The number of H-pyrrole nitrogens is 1. The third kappa shape index (κ3) is 3.58. The predicted octanol–water partition coefficient (Wildman–Crippen LogP) is 2.41. The molecule has 0 saturated heterocycles. The first kappa shape index (κ1) is 17.3. The van der Waals surface area contributed by atoms with Crippen LogP contribution < -0.4 is 10.6 Å². The number of nitrogens with one attached hydrogen (secondary N) is 3. The Balaban J connectivity index is 0.00000261. The fourth-order valence-electron chi connectivity index (χ4n) is 2.21. The molecule has 0 aliphatic rings. The molecule has 0 spiro atoms. The fraction of sp³-hybridized carbons (Fsp3) is 0.125. The summed E-state index contributed by atoms with van der Waals surface area (Å²) < 4.78 is 32.2. The summed E-state index contributed by atoms with van der Waals surface area (Å²) >= 11 is 0. The monoisotopic (exact) mass is 363 g/mol. The van der Waals surface area contributed by atoms with E-state index < -0.39 is 29.0 Å². The van der Waals surface area contributed by atoms with E-state index in [0.717, 1.165) is 24.4 Å². The number of hydrogen-bond acceptors (Lipinski definition) is 5. The Morgan fingerprint density at radius 3 is 2.65 bits per heavy atom. The largest absolute Gasteiger partial charge is 0.361 e. The first-order chi connectivity index (χ1) is 12.5. The maximum absolute atomic E-state index is 13.7. The number of nitrogens with zero attached hydrogens (tertiary/aromatic N) is 2. The van der Waals surface area contributed by atoms with Crippen LogP contribution in [0.25, 0.3) is 0 Å². The van der Waals surface area contributed by atoms with Gasteiger partial charge < -0.3 is 15.2 Å². The first-order valence-corrected chi connectivity index (χ1v) is 7.45. The normalized spacial score (nSPS) is 10.6. The van der Waals surface area contributed by atoms with Crippen molar-refractivity contribution < 1.29 is 24.3 Å². The lowest BCUT2D eigenvalue weighted by Gasteiger charge is -2.07. The molecule has 0 bridgehead atoms. The summed E-state index contributed by atoms with van der Waals surface area (Å²) in [7, 11) is 0. The Morgan fingerprint density at radius 2 is 2.00 bits per heavy atom. The maximum atomic E-state index is 13.7. The van der Waals surface area contributed by atoms with Crippen LogP contribution >= 0.6 is 0 Å². The second-order valence-electron chi connectivity index (χ2n) is 5.32. The molecule has 3 aromatic rings. The van der Waals surface area contributed by atoms with Gasteiger partial charge in [-0.1, -0.05) is 11.2 Å². The van der Waals surface area contributed by atoms with Gasteiger partial charge in [0.15, 0.2) is 0 Å². The number of amides is 2. The minimum Gasteiger partial charge on any atom is -0.361 e. The predicted molar refractivity (Wildman–Crippen MR) is 87.4 cm³/mol. The van der Waals surface area contributed by atoms with Gasteiger partial charge >= 0.3 is 0 Å². The van der Waals surface area contributed by atoms with Crippen LogP contribution in [0.2, 0.25) is 0 Å². The van der Waals surface area contributed by atoms with Crippen LogP contribution in [-0.4, -0.2) is 27.2 Å².